The summed E-state index contributed by atoms with van der Waals surface area (Å²) in [6.07, 6.45) is -5.99. The third kappa shape index (κ3) is 2.99. The number of carbonyl (C=O) groups is 1. The number of rotatable bonds is 5. The summed E-state index contributed by atoms with van der Waals surface area (Å²) in [7, 11) is 1.14. The van der Waals surface area contributed by atoms with E-state index in [2.05, 4.69) is 9.84 Å². The molecule has 0 aliphatic rings. The number of methoxy groups -OCH3 is 1. The number of aliphatic hydroxyl groups excluding tert-OH is 1. The standard InChI is InChI=1S/C14H13F5N2O4/c1-3-25-12(23)9-10-7(6-22)4-5-8(24-2)21(10)20-11(9)13(15,16)14(17,18)19/h4-5,22H,3,6H2,1-2H3. The Balaban J connectivity index is 2.95. The topological polar surface area (TPSA) is 73.1 Å². The van der Waals surface area contributed by atoms with E-state index in [1.54, 1.807) is 0 Å². The number of aromatic nitrogens is 2. The number of nitrogens with zero attached hydrogens (tertiary/aromatic N) is 2. The summed E-state index contributed by atoms with van der Waals surface area (Å²) >= 11 is 0. The molecule has 2 heterocycles. The number of halogens is 5. The van der Waals surface area contributed by atoms with Gasteiger partial charge in [0.2, 0.25) is 5.88 Å². The van der Waals surface area contributed by atoms with Gasteiger partial charge in [-0.1, -0.05) is 0 Å². The molecule has 0 spiro atoms. The number of aliphatic hydroxyl groups is 1. The molecule has 0 saturated carbocycles. The predicted octanol–water partition coefficient (Wildman–Crippen LogP) is 2.67. The molecule has 25 heavy (non-hydrogen) atoms. The van der Waals surface area contributed by atoms with Crippen molar-refractivity contribution in [2.45, 2.75) is 25.6 Å². The number of fused-ring (bicyclic) bond motifs is 1. The second-order valence-electron chi connectivity index (χ2n) is 4.84. The van der Waals surface area contributed by atoms with Gasteiger partial charge in [0.1, 0.15) is 5.56 Å². The van der Waals surface area contributed by atoms with Crippen molar-refractivity contribution in [2.24, 2.45) is 0 Å². The molecule has 0 unspecified atom stereocenters. The average Bonchev–Trinajstić information content (AvgIpc) is 2.94. The highest BCUT2D eigenvalue weighted by atomic mass is 19.4. The molecule has 6 nitrogen and oxygen atoms in total. The van der Waals surface area contributed by atoms with Crippen LogP contribution in [0.25, 0.3) is 5.52 Å². The molecule has 0 aromatic carbocycles. The average molecular weight is 368 g/mol. The Kier molecular flexibility index (Phi) is 4.89. The van der Waals surface area contributed by atoms with Crippen LogP contribution < -0.4 is 4.74 Å². The van der Waals surface area contributed by atoms with Gasteiger partial charge >= 0.3 is 18.1 Å². The van der Waals surface area contributed by atoms with Crippen molar-refractivity contribution in [3.8, 4) is 5.88 Å². The molecule has 0 aliphatic carbocycles. The summed E-state index contributed by atoms with van der Waals surface area (Å²) in [6.45, 7) is 0.368. The number of hydrogen-bond acceptors (Lipinski definition) is 5. The Hall–Kier alpha value is -2.43. The monoisotopic (exact) mass is 368 g/mol. The molecular weight excluding hydrogens is 355 g/mol. The van der Waals surface area contributed by atoms with E-state index in [1.165, 1.54) is 19.1 Å². The van der Waals surface area contributed by atoms with Crippen LogP contribution in [0.15, 0.2) is 12.1 Å². The summed E-state index contributed by atoms with van der Waals surface area (Å²) in [5.41, 5.74) is -3.44. The van der Waals surface area contributed by atoms with E-state index in [-0.39, 0.29) is 18.1 Å². The van der Waals surface area contributed by atoms with Crippen LogP contribution in [-0.4, -0.2) is 40.6 Å². The SMILES string of the molecule is CCOC(=O)c1c(C(F)(F)C(F)(F)F)nn2c(OC)ccc(CO)c12. The summed E-state index contributed by atoms with van der Waals surface area (Å²) in [6, 6.07) is 2.42. The van der Waals surface area contributed by atoms with Crippen molar-refractivity contribution < 1.29 is 41.3 Å². The first-order valence-corrected chi connectivity index (χ1v) is 6.91. The van der Waals surface area contributed by atoms with Crippen LogP contribution >= 0.6 is 0 Å². The molecule has 2 aromatic rings. The Labute approximate surface area is 137 Å². The van der Waals surface area contributed by atoms with Crippen molar-refractivity contribution in [2.75, 3.05) is 13.7 Å². The molecule has 0 radical (unpaired) electrons. The number of esters is 1. The van der Waals surface area contributed by atoms with Gasteiger partial charge in [-0.25, -0.2) is 4.79 Å². The zero-order valence-electron chi connectivity index (χ0n) is 13.0. The molecular formula is C14H13F5N2O4. The van der Waals surface area contributed by atoms with Crippen LogP contribution in [0.5, 0.6) is 5.88 Å². The van der Waals surface area contributed by atoms with E-state index < -0.39 is 41.4 Å². The summed E-state index contributed by atoms with van der Waals surface area (Å²) in [4.78, 5) is 12.1. The lowest BCUT2D eigenvalue weighted by atomic mass is 10.1. The molecule has 2 aromatic heterocycles. The molecule has 0 bridgehead atoms. The molecule has 0 amide bonds. The fourth-order valence-corrected chi connectivity index (χ4v) is 2.23. The first-order chi connectivity index (χ1) is 11.6. The minimum atomic E-state index is -5.99. The smallest absolute Gasteiger partial charge is 0.459 e. The van der Waals surface area contributed by atoms with Crippen molar-refractivity contribution in [3.63, 3.8) is 0 Å². The van der Waals surface area contributed by atoms with Gasteiger partial charge in [0.15, 0.2) is 5.69 Å². The van der Waals surface area contributed by atoms with E-state index in [1.807, 2.05) is 0 Å². The molecule has 2 rings (SSSR count). The lowest BCUT2D eigenvalue weighted by molar-refractivity contribution is -0.291. The van der Waals surface area contributed by atoms with E-state index in [9.17, 15) is 31.9 Å². The summed E-state index contributed by atoms with van der Waals surface area (Å²) in [5.74, 6) is -7.04. The second-order valence-corrected chi connectivity index (χ2v) is 4.84. The maximum absolute atomic E-state index is 13.9. The lowest BCUT2D eigenvalue weighted by Crippen LogP contribution is -2.35. The molecule has 0 atom stereocenters. The molecule has 0 fully saturated rings. The van der Waals surface area contributed by atoms with Gasteiger partial charge in [-0.15, -0.1) is 0 Å². The minimum Gasteiger partial charge on any atom is -0.481 e. The fourth-order valence-electron chi connectivity index (χ4n) is 2.23. The van der Waals surface area contributed by atoms with E-state index in [0.717, 1.165) is 7.11 Å². The maximum Gasteiger partial charge on any atom is 0.459 e. The van der Waals surface area contributed by atoms with Crippen LogP contribution in [0.3, 0.4) is 0 Å². The second kappa shape index (κ2) is 6.47. The minimum absolute atomic E-state index is 0.0967. The van der Waals surface area contributed by atoms with Crippen LogP contribution in [0.1, 0.15) is 28.5 Å². The van der Waals surface area contributed by atoms with Crippen LogP contribution in [-0.2, 0) is 17.3 Å². The van der Waals surface area contributed by atoms with Crippen molar-refractivity contribution >= 4 is 11.5 Å². The number of carbonyl (C=O) groups excluding carboxylic acids is 1. The summed E-state index contributed by atoms with van der Waals surface area (Å²) < 4.78 is 76.4. The summed E-state index contributed by atoms with van der Waals surface area (Å²) in [5, 5.41) is 12.6. The zero-order valence-corrected chi connectivity index (χ0v) is 13.0. The van der Waals surface area contributed by atoms with Gasteiger partial charge in [0.05, 0.1) is 25.8 Å². The predicted molar refractivity (Wildman–Crippen MR) is 73.6 cm³/mol. The number of ether oxygens (including phenoxy) is 2. The molecule has 11 heteroatoms. The van der Waals surface area contributed by atoms with Gasteiger partial charge in [-0.2, -0.15) is 31.6 Å². The number of hydrogen-bond donors (Lipinski definition) is 1. The lowest BCUT2D eigenvalue weighted by Gasteiger charge is -2.18. The van der Waals surface area contributed by atoms with E-state index in [4.69, 9.17) is 4.74 Å². The van der Waals surface area contributed by atoms with Crippen molar-refractivity contribution in [1.82, 2.24) is 9.61 Å². The van der Waals surface area contributed by atoms with Crippen LogP contribution in [0.4, 0.5) is 22.0 Å². The highest BCUT2D eigenvalue weighted by Gasteiger charge is 2.62. The third-order valence-electron chi connectivity index (χ3n) is 3.34. The Bertz CT molecular complexity index is 801. The highest BCUT2D eigenvalue weighted by Crippen LogP contribution is 2.46. The third-order valence-corrected chi connectivity index (χ3v) is 3.34. The molecule has 0 saturated heterocycles. The first kappa shape index (κ1) is 18.9. The zero-order chi connectivity index (χ0) is 19.0. The number of alkyl halides is 5. The van der Waals surface area contributed by atoms with Crippen LogP contribution in [0, 0.1) is 0 Å². The van der Waals surface area contributed by atoms with Gasteiger partial charge < -0.3 is 14.6 Å². The highest BCUT2D eigenvalue weighted by molar-refractivity contribution is 5.99. The van der Waals surface area contributed by atoms with Crippen molar-refractivity contribution in [1.29, 1.82) is 0 Å². The fraction of sp³-hybridized carbons (Fsp3) is 0.429. The van der Waals surface area contributed by atoms with Gasteiger partial charge in [0, 0.05) is 11.6 Å². The molecule has 1 N–H and O–H groups in total. The Morgan fingerprint density at radius 2 is 1.92 bits per heavy atom. The maximum atomic E-state index is 13.9. The largest absolute Gasteiger partial charge is 0.481 e. The Morgan fingerprint density at radius 1 is 1.28 bits per heavy atom. The van der Waals surface area contributed by atoms with Gasteiger partial charge in [0.25, 0.3) is 0 Å². The first-order valence-electron chi connectivity index (χ1n) is 6.91. The Morgan fingerprint density at radius 3 is 2.40 bits per heavy atom. The van der Waals surface area contributed by atoms with Gasteiger partial charge in [-0.05, 0) is 13.0 Å². The van der Waals surface area contributed by atoms with Crippen LogP contribution in [0.2, 0.25) is 0 Å². The van der Waals surface area contributed by atoms with E-state index >= 15 is 0 Å². The van der Waals surface area contributed by atoms with Gasteiger partial charge in [-0.3, -0.25) is 0 Å². The van der Waals surface area contributed by atoms with E-state index in [0.29, 0.717) is 4.52 Å². The van der Waals surface area contributed by atoms with Crippen molar-refractivity contribution in [3.05, 3.63) is 29.0 Å². The molecule has 138 valence electrons. The quantitative estimate of drug-likeness (QED) is 0.649. The number of pyridine rings is 1. The normalized spacial score (nSPS) is 12.5. The molecule has 0 aliphatic heterocycles.